The van der Waals surface area contributed by atoms with Gasteiger partial charge in [-0.25, -0.2) is 0 Å². The average Bonchev–Trinajstić information content (AvgIpc) is 2.72. The van der Waals surface area contributed by atoms with Crippen LogP contribution in [0.25, 0.3) is 0 Å². The Morgan fingerprint density at radius 3 is 2.25 bits per heavy atom. The van der Waals surface area contributed by atoms with E-state index in [0.717, 1.165) is 11.6 Å². The number of carbonyl (C=O) groups is 2. The third-order valence-electron chi connectivity index (χ3n) is 6.18. The summed E-state index contributed by atoms with van der Waals surface area (Å²) in [5, 5.41) is 9.76. The van der Waals surface area contributed by atoms with Crippen LogP contribution in [0.15, 0.2) is 24.3 Å². The number of esters is 1. The molecule has 0 saturated carbocycles. The lowest BCUT2D eigenvalue weighted by molar-refractivity contribution is -0.141. The molecule has 1 saturated heterocycles. The van der Waals surface area contributed by atoms with E-state index >= 15 is 0 Å². The zero-order valence-electron chi connectivity index (χ0n) is 22.8. The SMILES string of the molecule is CC(=O)OCCCC(C(=O)O)c1ccc(C2(N(COCC[Si](C)(C)C)[S+]([O-])C(C)(C)C)COC2)cc1. The zero-order valence-corrected chi connectivity index (χ0v) is 24.6. The molecule has 1 aliphatic heterocycles. The minimum absolute atomic E-state index is 0.197. The Balaban J connectivity index is 2.23. The van der Waals surface area contributed by atoms with Crippen molar-refractivity contribution < 1.29 is 33.5 Å². The predicted octanol–water partition coefficient (Wildman–Crippen LogP) is 4.50. The normalized spacial score (nSPS) is 17.4. The summed E-state index contributed by atoms with van der Waals surface area (Å²) in [5.74, 6) is -1.99. The van der Waals surface area contributed by atoms with Gasteiger partial charge in [-0.15, -0.1) is 0 Å². The second kappa shape index (κ2) is 12.9. The number of carboxylic acids is 1. The largest absolute Gasteiger partial charge is 0.597 e. The second-order valence-corrected chi connectivity index (χ2v) is 19.4. The van der Waals surface area contributed by atoms with Crippen molar-refractivity contribution in [2.45, 2.75) is 82.4 Å². The molecule has 1 aromatic carbocycles. The fraction of sp³-hybridized carbons (Fsp3) is 0.692. The summed E-state index contributed by atoms with van der Waals surface area (Å²) in [6.45, 7) is 15.9. The third kappa shape index (κ3) is 8.56. The topological polar surface area (TPSA) is 108 Å². The smallest absolute Gasteiger partial charge is 0.310 e. The summed E-state index contributed by atoms with van der Waals surface area (Å²) >= 11 is -1.34. The van der Waals surface area contributed by atoms with Gasteiger partial charge in [0.25, 0.3) is 0 Å². The van der Waals surface area contributed by atoms with Gasteiger partial charge in [0.15, 0.2) is 0 Å². The van der Waals surface area contributed by atoms with Crippen molar-refractivity contribution in [1.82, 2.24) is 4.31 Å². The van der Waals surface area contributed by atoms with Gasteiger partial charge < -0.3 is 23.9 Å². The van der Waals surface area contributed by atoms with Gasteiger partial charge in [-0.1, -0.05) is 48.2 Å². The van der Waals surface area contributed by atoms with Crippen LogP contribution in [0.1, 0.15) is 57.6 Å². The number of hydrogen-bond donors (Lipinski definition) is 1. The van der Waals surface area contributed by atoms with E-state index in [-0.39, 0.29) is 19.3 Å². The molecule has 2 rings (SSSR count). The van der Waals surface area contributed by atoms with Crippen LogP contribution in [-0.4, -0.2) is 71.9 Å². The Labute approximate surface area is 220 Å². The van der Waals surface area contributed by atoms with Gasteiger partial charge in [-0.3, -0.25) is 9.59 Å². The maximum atomic E-state index is 13.6. The molecular formula is C26H43NO7SSi. The first-order valence-electron chi connectivity index (χ1n) is 12.5. The van der Waals surface area contributed by atoms with Crippen molar-refractivity contribution >= 4 is 31.4 Å². The third-order valence-corrected chi connectivity index (χ3v) is 9.79. The van der Waals surface area contributed by atoms with Crippen LogP contribution in [0.5, 0.6) is 0 Å². The van der Waals surface area contributed by atoms with E-state index in [2.05, 4.69) is 19.6 Å². The highest BCUT2D eigenvalue weighted by atomic mass is 32.2. The summed E-state index contributed by atoms with van der Waals surface area (Å²) in [7, 11) is -1.26. The summed E-state index contributed by atoms with van der Waals surface area (Å²) in [5.41, 5.74) is 0.997. The first-order chi connectivity index (χ1) is 16.7. The number of benzene rings is 1. The molecule has 1 aliphatic rings. The Kier molecular flexibility index (Phi) is 11.0. The molecule has 0 aromatic heterocycles. The first kappa shape index (κ1) is 30.8. The number of hydrogen-bond acceptors (Lipinski definition) is 7. The highest BCUT2D eigenvalue weighted by Crippen LogP contribution is 2.41. The Morgan fingerprint density at radius 1 is 1.19 bits per heavy atom. The number of rotatable bonds is 14. The Morgan fingerprint density at radius 2 is 1.81 bits per heavy atom. The van der Waals surface area contributed by atoms with Gasteiger partial charge in [0.1, 0.15) is 17.0 Å². The fourth-order valence-corrected chi connectivity index (χ4v) is 6.01. The lowest BCUT2D eigenvalue weighted by Gasteiger charge is -2.50. The maximum Gasteiger partial charge on any atom is 0.310 e. The molecule has 0 radical (unpaired) electrons. The molecule has 1 aromatic rings. The number of aliphatic carboxylic acids is 1. The van der Waals surface area contributed by atoms with Crippen molar-refractivity contribution in [2.75, 3.05) is 33.2 Å². The van der Waals surface area contributed by atoms with Gasteiger partial charge in [0.2, 0.25) is 0 Å². The van der Waals surface area contributed by atoms with Gasteiger partial charge in [0, 0.05) is 33.0 Å². The van der Waals surface area contributed by atoms with Crippen molar-refractivity contribution in [1.29, 1.82) is 0 Å². The van der Waals surface area contributed by atoms with Gasteiger partial charge in [0.05, 0.1) is 25.7 Å². The molecule has 8 nitrogen and oxygen atoms in total. The lowest BCUT2D eigenvalue weighted by Crippen LogP contribution is -2.64. The maximum absolute atomic E-state index is 13.6. The van der Waals surface area contributed by atoms with E-state index in [1.165, 1.54) is 6.92 Å². The van der Waals surface area contributed by atoms with Crippen LogP contribution in [0.2, 0.25) is 25.7 Å². The van der Waals surface area contributed by atoms with Gasteiger partial charge in [-0.2, -0.15) is 0 Å². The first-order valence-corrected chi connectivity index (χ1v) is 17.3. The summed E-state index contributed by atoms with van der Waals surface area (Å²) < 4.78 is 31.7. The molecule has 1 heterocycles. The standard InChI is InChI=1S/C26H43NO7SSi/c1-20(28)34-14-8-9-23(24(29)30)21-10-12-22(13-11-21)26(17-33-18-26)27(35(31)25(2,3)4)19-32-15-16-36(5,6)7/h10-13,23H,8-9,14-19H2,1-7H3,(H,29,30). The summed E-state index contributed by atoms with van der Waals surface area (Å²) in [6, 6.07) is 8.49. The molecule has 204 valence electrons. The van der Waals surface area contributed by atoms with Crippen LogP contribution in [0, 0.1) is 0 Å². The Bertz CT molecular complexity index is 863. The van der Waals surface area contributed by atoms with E-state index in [1.54, 1.807) is 0 Å². The molecule has 0 spiro atoms. The van der Waals surface area contributed by atoms with E-state index in [0.29, 0.717) is 38.2 Å². The van der Waals surface area contributed by atoms with Crippen LogP contribution in [-0.2, 0) is 40.7 Å². The molecular weight excluding hydrogens is 498 g/mol. The number of carboxylic acid groups (broad SMARTS) is 1. The van der Waals surface area contributed by atoms with Crippen molar-refractivity contribution in [2.24, 2.45) is 0 Å². The minimum atomic E-state index is -1.34. The molecule has 0 bridgehead atoms. The fourth-order valence-electron chi connectivity index (χ4n) is 3.90. The molecule has 0 amide bonds. The van der Waals surface area contributed by atoms with Crippen molar-refractivity contribution in [3.05, 3.63) is 35.4 Å². The van der Waals surface area contributed by atoms with E-state index < -0.39 is 41.6 Å². The molecule has 1 fully saturated rings. The molecule has 0 aliphatic carbocycles. The highest BCUT2D eigenvalue weighted by Gasteiger charge is 2.54. The van der Waals surface area contributed by atoms with Crippen LogP contribution in [0.3, 0.4) is 0 Å². The quantitative estimate of drug-likeness (QED) is 0.121. The molecule has 2 atom stereocenters. The zero-order chi connectivity index (χ0) is 27.1. The van der Waals surface area contributed by atoms with Gasteiger partial charge in [-0.05, 0) is 50.8 Å². The lowest BCUT2D eigenvalue weighted by atomic mass is 9.85. The van der Waals surface area contributed by atoms with E-state index in [4.69, 9.17) is 14.2 Å². The summed E-state index contributed by atoms with van der Waals surface area (Å²) in [6.07, 6.45) is 0.824. The highest BCUT2D eigenvalue weighted by molar-refractivity contribution is 7.90. The monoisotopic (exact) mass is 541 g/mol. The summed E-state index contributed by atoms with van der Waals surface area (Å²) in [4.78, 5) is 22.9. The Hall–Kier alpha value is -1.43. The van der Waals surface area contributed by atoms with Crippen molar-refractivity contribution in [3.8, 4) is 0 Å². The van der Waals surface area contributed by atoms with Crippen LogP contribution in [0.4, 0.5) is 0 Å². The van der Waals surface area contributed by atoms with Crippen molar-refractivity contribution in [3.63, 3.8) is 0 Å². The van der Waals surface area contributed by atoms with Crippen LogP contribution >= 0.6 is 0 Å². The minimum Gasteiger partial charge on any atom is -0.597 e. The second-order valence-electron chi connectivity index (χ2n) is 11.6. The van der Waals surface area contributed by atoms with Gasteiger partial charge >= 0.3 is 11.9 Å². The van der Waals surface area contributed by atoms with Crippen LogP contribution < -0.4 is 0 Å². The molecule has 36 heavy (non-hydrogen) atoms. The average molecular weight is 542 g/mol. The molecule has 1 N–H and O–H groups in total. The predicted molar refractivity (Wildman–Crippen MR) is 144 cm³/mol. The number of carbonyl (C=O) groups excluding carboxylic acids is 1. The van der Waals surface area contributed by atoms with E-state index in [9.17, 15) is 19.2 Å². The molecule has 10 heteroatoms. The molecule has 2 unspecified atom stereocenters. The van der Waals surface area contributed by atoms with E-state index in [1.807, 2.05) is 49.3 Å². The number of ether oxygens (including phenoxy) is 3. The number of nitrogens with zero attached hydrogens (tertiary/aromatic N) is 1.